The third kappa shape index (κ3) is 3.59. The molecule has 0 aromatic carbocycles. The molecule has 1 aliphatic rings. The van der Waals surface area contributed by atoms with Crippen LogP contribution in [0.4, 0.5) is 0 Å². The van der Waals surface area contributed by atoms with Crippen molar-refractivity contribution in [2.24, 2.45) is 11.8 Å². The fourth-order valence-electron chi connectivity index (χ4n) is 1.62. The van der Waals surface area contributed by atoms with Gasteiger partial charge in [-0.05, 0) is 18.8 Å². The third-order valence-corrected chi connectivity index (χ3v) is 2.41. The fourth-order valence-corrected chi connectivity index (χ4v) is 1.62. The van der Waals surface area contributed by atoms with E-state index in [-0.39, 0.29) is 5.92 Å². The number of carbonyl (C=O) groups is 1. The number of rotatable bonds is 2. The first-order valence-electron chi connectivity index (χ1n) is 4.58. The maximum Gasteiger partial charge on any atom is 0.307 e. The number of hydrogen-bond acceptors (Lipinski definition) is 2. The smallest absolute Gasteiger partial charge is 0.307 e. The summed E-state index contributed by atoms with van der Waals surface area (Å²) in [4.78, 5) is 10.7. The highest BCUT2D eigenvalue weighted by Gasteiger charge is 2.26. The molecule has 2 atom stereocenters. The lowest BCUT2D eigenvalue weighted by Gasteiger charge is -2.23. The zero-order chi connectivity index (χ0) is 10.3. The number of carboxylic acids is 1. The minimum Gasteiger partial charge on any atom is -0.481 e. The van der Waals surface area contributed by atoms with E-state index in [1.54, 1.807) is 0 Å². The molecule has 1 aliphatic carbocycles. The SMILES string of the molecule is CCC1CC=CCC1C(=O)O.CO. The van der Waals surface area contributed by atoms with Crippen molar-refractivity contribution in [3.8, 4) is 0 Å². The van der Waals surface area contributed by atoms with Crippen LogP contribution >= 0.6 is 0 Å². The molecule has 0 amide bonds. The van der Waals surface area contributed by atoms with E-state index in [9.17, 15) is 4.79 Å². The van der Waals surface area contributed by atoms with Crippen LogP contribution in [0, 0.1) is 11.8 Å². The normalized spacial score (nSPS) is 26.1. The average Bonchev–Trinajstić information content (AvgIpc) is 2.20. The summed E-state index contributed by atoms with van der Waals surface area (Å²) < 4.78 is 0. The van der Waals surface area contributed by atoms with Gasteiger partial charge < -0.3 is 10.2 Å². The molecule has 0 spiro atoms. The second-order valence-corrected chi connectivity index (χ2v) is 3.06. The van der Waals surface area contributed by atoms with Crippen molar-refractivity contribution in [3.05, 3.63) is 12.2 Å². The first-order valence-corrected chi connectivity index (χ1v) is 4.58. The van der Waals surface area contributed by atoms with Gasteiger partial charge in [-0.3, -0.25) is 4.79 Å². The van der Waals surface area contributed by atoms with Crippen molar-refractivity contribution in [1.82, 2.24) is 0 Å². The molecule has 1 rings (SSSR count). The number of aliphatic hydroxyl groups excluding tert-OH is 1. The molecule has 0 saturated carbocycles. The number of aliphatic hydroxyl groups is 1. The van der Waals surface area contributed by atoms with E-state index in [0.717, 1.165) is 20.0 Å². The molecule has 0 saturated heterocycles. The molecule has 3 heteroatoms. The van der Waals surface area contributed by atoms with Gasteiger partial charge in [0.1, 0.15) is 0 Å². The number of hydrogen-bond donors (Lipinski definition) is 2. The molecule has 2 N–H and O–H groups in total. The second-order valence-electron chi connectivity index (χ2n) is 3.06. The zero-order valence-corrected chi connectivity index (χ0v) is 8.23. The summed E-state index contributed by atoms with van der Waals surface area (Å²) in [6.07, 6.45) is 6.70. The highest BCUT2D eigenvalue weighted by atomic mass is 16.4. The molecule has 76 valence electrons. The molecule has 13 heavy (non-hydrogen) atoms. The predicted octanol–water partition coefficient (Wildman–Crippen LogP) is 1.67. The third-order valence-electron chi connectivity index (χ3n) is 2.41. The molecule has 0 radical (unpaired) electrons. The molecule has 0 bridgehead atoms. The van der Waals surface area contributed by atoms with E-state index in [0.29, 0.717) is 12.3 Å². The van der Waals surface area contributed by atoms with Gasteiger partial charge in [-0.2, -0.15) is 0 Å². The summed E-state index contributed by atoms with van der Waals surface area (Å²) in [6.45, 7) is 2.06. The van der Waals surface area contributed by atoms with Crippen LogP contribution in [0.25, 0.3) is 0 Å². The van der Waals surface area contributed by atoms with Gasteiger partial charge in [0.15, 0.2) is 0 Å². The Bertz CT molecular complexity index is 175. The first kappa shape index (κ1) is 12.2. The monoisotopic (exact) mass is 186 g/mol. The van der Waals surface area contributed by atoms with Gasteiger partial charge in [-0.25, -0.2) is 0 Å². The highest BCUT2D eigenvalue weighted by molar-refractivity contribution is 5.70. The van der Waals surface area contributed by atoms with Gasteiger partial charge in [0, 0.05) is 7.11 Å². The van der Waals surface area contributed by atoms with Gasteiger partial charge in [-0.15, -0.1) is 0 Å². The summed E-state index contributed by atoms with van der Waals surface area (Å²) in [5, 5.41) is 15.8. The molecule has 0 aliphatic heterocycles. The topological polar surface area (TPSA) is 57.5 Å². The van der Waals surface area contributed by atoms with Crippen molar-refractivity contribution in [1.29, 1.82) is 0 Å². The van der Waals surface area contributed by atoms with Crippen molar-refractivity contribution >= 4 is 5.97 Å². The van der Waals surface area contributed by atoms with E-state index in [1.165, 1.54) is 0 Å². The van der Waals surface area contributed by atoms with Crippen LogP contribution in [-0.4, -0.2) is 23.3 Å². The van der Waals surface area contributed by atoms with Crippen LogP contribution in [0.2, 0.25) is 0 Å². The highest BCUT2D eigenvalue weighted by Crippen LogP contribution is 2.27. The van der Waals surface area contributed by atoms with E-state index < -0.39 is 5.97 Å². The van der Waals surface area contributed by atoms with E-state index in [1.807, 2.05) is 6.08 Å². The molecular weight excluding hydrogens is 168 g/mol. The molecule has 0 aromatic heterocycles. The van der Waals surface area contributed by atoms with E-state index in [4.69, 9.17) is 10.2 Å². The Kier molecular flexibility index (Phi) is 6.24. The fraction of sp³-hybridized carbons (Fsp3) is 0.700. The minimum absolute atomic E-state index is 0.134. The summed E-state index contributed by atoms with van der Waals surface area (Å²) in [5.74, 6) is -0.413. The second kappa shape index (κ2) is 6.66. The lowest BCUT2D eigenvalue weighted by molar-refractivity contribution is -0.143. The maximum absolute atomic E-state index is 10.7. The molecule has 2 unspecified atom stereocenters. The van der Waals surface area contributed by atoms with Crippen LogP contribution in [0.3, 0.4) is 0 Å². The van der Waals surface area contributed by atoms with Crippen LogP contribution in [-0.2, 0) is 4.79 Å². The van der Waals surface area contributed by atoms with Gasteiger partial charge >= 0.3 is 5.97 Å². The zero-order valence-electron chi connectivity index (χ0n) is 8.23. The largest absolute Gasteiger partial charge is 0.481 e. The summed E-state index contributed by atoms with van der Waals surface area (Å²) in [7, 11) is 1.00. The summed E-state index contributed by atoms with van der Waals surface area (Å²) >= 11 is 0. The van der Waals surface area contributed by atoms with Crippen molar-refractivity contribution in [3.63, 3.8) is 0 Å². The Labute approximate surface area is 79.1 Å². The van der Waals surface area contributed by atoms with Crippen molar-refractivity contribution in [2.75, 3.05) is 7.11 Å². The average molecular weight is 186 g/mol. The van der Waals surface area contributed by atoms with Gasteiger partial charge in [0.2, 0.25) is 0 Å². The number of carboxylic acid groups (broad SMARTS) is 1. The minimum atomic E-state index is -0.638. The lowest BCUT2D eigenvalue weighted by atomic mass is 9.81. The molecule has 0 heterocycles. The van der Waals surface area contributed by atoms with Crippen LogP contribution in [0.1, 0.15) is 26.2 Å². The Morgan fingerprint density at radius 1 is 1.38 bits per heavy atom. The Hall–Kier alpha value is -0.830. The molecule has 0 fully saturated rings. The molecule has 3 nitrogen and oxygen atoms in total. The summed E-state index contributed by atoms with van der Waals surface area (Å²) in [5.41, 5.74) is 0. The Balaban J connectivity index is 0.000000671. The quantitative estimate of drug-likeness (QED) is 0.645. The standard InChI is InChI=1S/C9H14O2.CH4O/c1-2-7-5-3-4-6-8(7)9(10)11;1-2/h3-4,7-8H,2,5-6H2,1H3,(H,10,11);2H,1H3. The number of allylic oxidation sites excluding steroid dienone is 2. The predicted molar refractivity (Wildman–Crippen MR) is 51.4 cm³/mol. The molecule has 0 aromatic rings. The number of aliphatic carboxylic acids is 1. The van der Waals surface area contributed by atoms with Crippen molar-refractivity contribution < 1.29 is 15.0 Å². The first-order chi connectivity index (χ1) is 6.25. The van der Waals surface area contributed by atoms with Gasteiger partial charge in [0.05, 0.1) is 5.92 Å². The van der Waals surface area contributed by atoms with E-state index >= 15 is 0 Å². The summed E-state index contributed by atoms with van der Waals surface area (Å²) in [6, 6.07) is 0. The Morgan fingerprint density at radius 2 is 1.92 bits per heavy atom. The van der Waals surface area contributed by atoms with Crippen LogP contribution < -0.4 is 0 Å². The van der Waals surface area contributed by atoms with Gasteiger partial charge in [-0.1, -0.05) is 25.5 Å². The van der Waals surface area contributed by atoms with Crippen molar-refractivity contribution in [2.45, 2.75) is 26.2 Å². The van der Waals surface area contributed by atoms with Crippen LogP contribution in [0.5, 0.6) is 0 Å². The maximum atomic E-state index is 10.7. The Morgan fingerprint density at radius 3 is 2.31 bits per heavy atom. The van der Waals surface area contributed by atoms with Crippen LogP contribution in [0.15, 0.2) is 12.2 Å². The molecular formula is C10H18O3. The lowest BCUT2D eigenvalue weighted by Crippen LogP contribution is -2.24. The van der Waals surface area contributed by atoms with Gasteiger partial charge in [0.25, 0.3) is 0 Å². The van der Waals surface area contributed by atoms with E-state index in [2.05, 4.69) is 13.0 Å².